The van der Waals surface area contributed by atoms with Crippen molar-refractivity contribution in [2.45, 2.75) is 0 Å². The zero-order chi connectivity index (χ0) is 20.0. The van der Waals surface area contributed by atoms with E-state index in [0.717, 1.165) is 0 Å². The number of fused-ring (bicyclic) bond motifs is 3. The van der Waals surface area contributed by atoms with Gasteiger partial charge in [0.1, 0.15) is 0 Å². The summed E-state index contributed by atoms with van der Waals surface area (Å²) in [5.74, 6) is 0. The van der Waals surface area contributed by atoms with Gasteiger partial charge in [-0.3, -0.25) is 30.3 Å². The average molecular weight is 378 g/mol. The van der Waals surface area contributed by atoms with Crippen molar-refractivity contribution in [2.75, 3.05) is 0 Å². The lowest BCUT2D eigenvalue weighted by Crippen LogP contribution is -1.95. The summed E-state index contributed by atoms with van der Waals surface area (Å²) in [5.41, 5.74) is 1.43. The van der Waals surface area contributed by atoms with Gasteiger partial charge in [0.25, 0.3) is 17.1 Å². The summed E-state index contributed by atoms with van der Waals surface area (Å²) in [6, 6.07) is 14.3. The Labute approximate surface area is 155 Å². The van der Waals surface area contributed by atoms with Crippen molar-refractivity contribution in [3.8, 4) is 5.69 Å². The van der Waals surface area contributed by atoms with Crippen molar-refractivity contribution in [2.24, 2.45) is 0 Å². The van der Waals surface area contributed by atoms with E-state index >= 15 is 0 Å². The Bertz CT molecular complexity index is 1220. The molecular weight excluding hydrogens is 368 g/mol. The quantitative estimate of drug-likeness (QED) is 0.379. The van der Waals surface area contributed by atoms with E-state index in [9.17, 15) is 30.3 Å². The van der Waals surface area contributed by atoms with Crippen LogP contribution in [0.2, 0.25) is 0 Å². The molecule has 0 aliphatic heterocycles. The molecule has 0 aliphatic rings. The standard InChI is InChI=1S/C18H10N4O6/c23-20(24)12-3-1-11(2-4-12)19-17-7-5-13(21(25)26)9-15(17)16-10-14(22(27)28)6-8-18(16)19/h1-10H. The smallest absolute Gasteiger partial charge is 0.270 e. The third-order valence-corrected chi connectivity index (χ3v) is 4.47. The molecule has 4 rings (SSSR count). The summed E-state index contributed by atoms with van der Waals surface area (Å²) >= 11 is 0. The van der Waals surface area contributed by atoms with E-state index in [-0.39, 0.29) is 17.1 Å². The number of nitrogens with zero attached hydrogens (tertiary/aromatic N) is 4. The fourth-order valence-electron chi connectivity index (χ4n) is 3.23. The van der Waals surface area contributed by atoms with Gasteiger partial charge in [-0.2, -0.15) is 0 Å². The van der Waals surface area contributed by atoms with Crippen LogP contribution in [0.1, 0.15) is 0 Å². The van der Waals surface area contributed by atoms with Crippen LogP contribution in [0.15, 0.2) is 60.7 Å². The van der Waals surface area contributed by atoms with Gasteiger partial charge in [-0.25, -0.2) is 0 Å². The monoisotopic (exact) mass is 378 g/mol. The van der Waals surface area contributed by atoms with Crippen LogP contribution in [0.4, 0.5) is 17.1 Å². The van der Waals surface area contributed by atoms with Crippen LogP contribution in [0.3, 0.4) is 0 Å². The minimum Gasteiger partial charge on any atom is -0.309 e. The third-order valence-electron chi connectivity index (χ3n) is 4.47. The van der Waals surface area contributed by atoms with E-state index in [4.69, 9.17) is 0 Å². The number of aromatic nitrogens is 1. The molecule has 0 amide bonds. The van der Waals surface area contributed by atoms with Crippen LogP contribution in [0, 0.1) is 30.3 Å². The predicted molar refractivity (Wildman–Crippen MR) is 101 cm³/mol. The van der Waals surface area contributed by atoms with E-state index in [2.05, 4.69) is 0 Å². The van der Waals surface area contributed by atoms with Crippen LogP contribution in [-0.4, -0.2) is 19.3 Å². The van der Waals surface area contributed by atoms with Gasteiger partial charge in [0.05, 0.1) is 25.8 Å². The molecule has 1 aromatic heterocycles. The van der Waals surface area contributed by atoms with Crippen LogP contribution in [0.5, 0.6) is 0 Å². The number of non-ortho nitro benzene ring substituents is 3. The van der Waals surface area contributed by atoms with Crippen LogP contribution in [-0.2, 0) is 0 Å². The predicted octanol–water partition coefficient (Wildman–Crippen LogP) is 4.51. The molecule has 0 unspecified atom stereocenters. The van der Waals surface area contributed by atoms with Gasteiger partial charge in [-0.05, 0) is 24.3 Å². The molecule has 0 bridgehead atoms. The normalized spacial score (nSPS) is 11.0. The molecule has 28 heavy (non-hydrogen) atoms. The van der Waals surface area contributed by atoms with Crippen LogP contribution >= 0.6 is 0 Å². The number of benzene rings is 3. The van der Waals surface area contributed by atoms with E-state index in [1.165, 1.54) is 36.4 Å². The highest BCUT2D eigenvalue weighted by Crippen LogP contribution is 2.36. The van der Waals surface area contributed by atoms with Crippen molar-refractivity contribution < 1.29 is 14.8 Å². The summed E-state index contributed by atoms with van der Waals surface area (Å²) in [5, 5.41) is 34.2. The number of nitro groups is 3. The zero-order valence-electron chi connectivity index (χ0n) is 14.0. The lowest BCUT2D eigenvalue weighted by atomic mass is 10.1. The van der Waals surface area contributed by atoms with Crippen LogP contribution in [0.25, 0.3) is 27.5 Å². The van der Waals surface area contributed by atoms with Gasteiger partial charge in [-0.1, -0.05) is 0 Å². The molecule has 0 fully saturated rings. The van der Waals surface area contributed by atoms with Crippen LogP contribution < -0.4 is 0 Å². The Morgan fingerprint density at radius 3 is 1.36 bits per heavy atom. The molecule has 0 atom stereocenters. The second kappa shape index (κ2) is 6.13. The molecule has 0 spiro atoms. The minimum absolute atomic E-state index is 0.0733. The number of hydrogen-bond acceptors (Lipinski definition) is 6. The van der Waals surface area contributed by atoms with Crippen molar-refractivity contribution >= 4 is 38.9 Å². The van der Waals surface area contributed by atoms with Gasteiger partial charge in [0.15, 0.2) is 0 Å². The number of hydrogen-bond donors (Lipinski definition) is 0. The Morgan fingerprint density at radius 2 is 0.964 bits per heavy atom. The largest absolute Gasteiger partial charge is 0.309 e. The molecule has 1 heterocycles. The van der Waals surface area contributed by atoms with Crippen molar-refractivity contribution in [3.05, 3.63) is 91.0 Å². The fourth-order valence-corrected chi connectivity index (χ4v) is 3.23. The van der Waals surface area contributed by atoms with Gasteiger partial charge >= 0.3 is 0 Å². The maximum Gasteiger partial charge on any atom is 0.270 e. The molecule has 10 heteroatoms. The van der Waals surface area contributed by atoms with E-state index < -0.39 is 14.8 Å². The van der Waals surface area contributed by atoms with Gasteiger partial charge in [0, 0.05) is 52.9 Å². The van der Waals surface area contributed by atoms with Gasteiger partial charge in [0.2, 0.25) is 0 Å². The highest BCUT2D eigenvalue weighted by molar-refractivity contribution is 6.10. The lowest BCUT2D eigenvalue weighted by molar-refractivity contribution is -0.385. The minimum atomic E-state index is -0.536. The third kappa shape index (κ3) is 2.60. The molecule has 0 aliphatic carbocycles. The summed E-state index contributed by atoms with van der Waals surface area (Å²) < 4.78 is 1.75. The molecule has 3 aromatic carbocycles. The fraction of sp³-hybridized carbons (Fsp3) is 0. The first-order valence-corrected chi connectivity index (χ1v) is 7.98. The SMILES string of the molecule is O=[N+]([O-])c1ccc(-n2c3ccc([N+](=O)[O-])cc3c3cc([N+](=O)[O-])ccc32)cc1. The average Bonchev–Trinajstić information content (AvgIpc) is 3.00. The summed E-state index contributed by atoms with van der Waals surface area (Å²) in [6.07, 6.45) is 0. The van der Waals surface area contributed by atoms with Crippen molar-refractivity contribution in [3.63, 3.8) is 0 Å². The maximum atomic E-state index is 11.2. The molecule has 0 N–H and O–H groups in total. The zero-order valence-corrected chi connectivity index (χ0v) is 14.0. The molecule has 0 radical (unpaired) electrons. The maximum absolute atomic E-state index is 11.2. The highest BCUT2D eigenvalue weighted by atomic mass is 16.6. The van der Waals surface area contributed by atoms with E-state index in [1.807, 2.05) is 0 Å². The summed E-state index contributed by atoms with van der Waals surface area (Å²) in [6.45, 7) is 0. The Kier molecular flexibility index (Phi) is 3.74. The molecule has 4 aromatic rings. The number of nitro benzene ring substituents is 3. The first-order chi connectivity index (χ1) is 13.4. The first kappa shape index (κ1) is 17.1. The molecule has 0 saturated carbocycles. The molecule has 138 valence electrons. The molecular formula is C18H10N4O6. The molecule has 10 nitrogen and oxygen atoms in total. The van der Waals surface area contributed by atoms with Crippen molar-refractivity contribution in [1.82, 2.24) is 4.57 Å². The Morgan fingerprint density at radius 1 is 0.571 bits per heavy atom. The van der Waals surface area contributed by atoms with E-state index in [0.29, 0.717) is 27.5 Å². The first-order valence-electron chi connectivity index (χ1n) is 7.98. The summed E-state index contributed by atoms with van der Waals surface area (Å²) in [7, 11) is 0. The topological polar surface area (TPSA) is 134 Å². The van der Waals surface area contributed by atoms with Gasteiger partial charge in [-0.15, -0.1) is 0 Å². The second-order valence-electron chi connectivity index (χ2n) is 6.03. The van der Waals surface area contributed by atoms with E-state index in [1.54, 1.807) is 28.8 Å². The Balaban J connectivity index is 2.07. The highest BCUT2D eigenvalue weighted by Gasteiger charge is 2.19. The summed E-state index contributed by atoms with van der Waals surface area (Å²) in [4.78, 5) is 31.6. The van der Waals surface area contributed by atoms with Crippen molar-refractivity contribution in [1.29, 1.82) is 0 Å². The van der Waals surface area contributed by atoms with Gasteiger partial charge < -0.3 is 4.57 Å². The molecule has 0 saturated heterocycles. The lowest BCUT2D eigenvalue weighted by Gasteiger charge is -2.07. The number of rotatable bonds is 4. The second-order valence-corrected chi connectivity index (χ2v) is 6.03. The Hall–Kier alpha value is -4.34.